The van der Waals surface area contributed by atoms with Gasteiger partial charge in [0.1, 0.15) is 35.6 Å². The van der Waals surface area contributed by atoms with Crippen molar-refractivity contribution in [1.82, 2.24) is 40.3 Å². The number of aryl methyl sites for hydroxylation is 4. The molecule has 0 bridgehead atoms. The lowest BCUT2D eigenvalue weighted by Crippen LogP contribution is -2.57. The Hall–Kier alpha value is -6.92. The monoisotopic (exact) mass is 1110 g/mol. The van der Waals surface area contributed by atoms with E-state index in [1.165, 1.54) is 15.3 Å². The molecule has 1 fully saturated rings. The molecule has 2 aliphatic rings. The number of rotatable bonds is 19. The van der Waals surface area contributed by atoms with Crippen molar-refractivity contribution in [2.24, 2.45) is 10.4 Å². The second kappa shape index (κ2) is 24.8. The molecule has 1 saturated heterocycles. The summed E-state index contributed by atoms with van der Waals surface area (Å²) in [6.07, 6.45) is 2.83. The molecule has 5 N–H and O–H groups in total. The molecular formula is C59H66N10O6S3. The molecular weight excluding hydrogens is 1040 g/mol. The van der Waals surface area contributed by atoms with Crippen molar-refractivity contribution < 1.29 is 29.0 Å². The first-order valence-corrected chi connectivity index (χ1v) is 28.7. The maximum Gasteiger partial charge on any atom is 0.246 e. The zero-order valence-electron chi connectivity index (χ0n) is 45.1. The number of ether oxygens (including phenoxy) is 2. The lowest BCUT2D eigenvalue weighted by molar-refractivity contribution is -0.144. The number of anilines is 1. The number of thiophene rings is 1. The normalized spacial score (nSPS) is 16.4. The van der Waals surface area contributed by atoms with Crippen LogP contribution in [0.5, 0.6) is 0 Å². The molecule has 16 nitrogen and oxygen atoms in total. The number of carbonyl (C=O) groups excluding carboxylic acids is 3. The van der Waals surface area contributed by atoms with Crippen LogP contribution in [-0.2, 0) is 49.7 Å². The number of aliphatic hydroxyl groups excluding tert-OH is 1. The van der Waals surface area contributed by atoms with Crippen LogP contribution in [0.1, 0.15) is 106 Å². The molecule has 0 spiro atoms. The molecule has 406 valence electrons. The summed E-state index contributed by atoms with van der Waals surface area (Å²) >= 11 is 4.94. The number of nitrogens with one attached hydrogen (secondary N) is 2. The van der Waals surface area contributed by atoms with E-state index < -0.39 is 29.5 Å². The third-order valence-corrected chi connectivity index (χ3v) is 17.0. The van der Waals surface area contributed by atoms with Crippen LogP contribution in [0.15, 0.2) is 88.8 Å². The number of nitrogens with zero attached hydrogens (tertiary/aromatic N) is 7. The van der Waals surface area contributed by atoms with E-state index in [2.05, 4.69) is 73.2 Å². The van der Waals surface area contributed by atoms with Crippen molar-refractivity contribution in [3.8, 4) is 27.3 Å². The van der Waals surface area contributed by atoms with Crippen molar-refractivity contribution >= 4 is 63.1 Å². The molecule has 3 amide bonds. The van der Waals surface area contributed by atoms with Gasteiger partial charge in [0.25, 0.3) is 0 Å². The number of benzene rings is 3. The zero-order valence-corrected chi connectivity index (χ0v) is 47.5. The molecule has 78 heavy (non-hydrogen) atoms. The van der Waals surface area contributed by atoms with Crippen LogP contribution < -0.4 is 16.4 Å². The Morgan fingerprint density at radius 3 is 2.36 bits per heavy atom. The van der Waals surface area contributed by atoms with Gasteiger partial charge in [-0.05, 0) is 98.0 Å². The molecule has 0 saturated carbocycles. The van der Waals surface area contributed by atoms with Crippen molar-refractivity contribution in [1.29, 1.82) is 0 Å². The zero-order chi connectivity index (χ0) is 55.1. The van der Waals surface area contributed by atoms with Crippen molar-refractivity contribution in [3.05, 3.63) is 150 Å². The van der Waals surface area contributed by atoms with Gasteiger partial charge >= 0.3 is 0 Å². The summed E-state index contributed by atoms with van der Waals surface area (Å²) in [6.45, 7) is 15.6. The second-order valence-corrected chi connectivity index (χ2v) is 23.9. The van der Waals surface area contributed by atoms with Crippen molar-refractivity contribution in [2.45, 2.75) is 111 Å². The Labute approximate surface area is 467 Å². The van der Waals surface area contributed by atoms with Gasteiger partial charge in [0.2, 0.25) is 17.7 Å². The number of aliphatic hydroxyl groups is 1. The third-order valence-electron chi connectivity index (χ3n) is 14.0. The maximum absolute atomic E-state index is 14.2. The number of β-amino-alcohol motifs (C(OH)–C–C–N with tert-alkyl or cyclic N) is 1. The Bertz CT molecular complexity index is 3350. The van der Waals surface area contributed by atoms with Gasteiger partial charge in [0.15, 0.2) is 5.82 Å². The van der Waals surface area contributed by atoms with Crippen LogP contribution in [0.2, 0.25) is 0 Å². The van der Waals surface area contributed by atoms with Crippen LogP contribution in [0, 0.1) is 45.0 Å². The number of hydrogen-bond donors (Lipinski definition) is 4. The minimum atomic E-state index is -0.932. The summed E-state index contributed by atoms with van der Waals surface area (Å²) in [5.41, 5.74) is 17.9. The van der Waals surface area contributed by atoms with Crippen LogP contribution in [0.3, 0.4) is 0 Å². The lowest BCUT2D eigenvalue weighted by atomic mass is 9.85. The van der Waals surface area contributed by atoms with Crippen LogP contribution in [0.25, 0.3) is 15.4 Å². The number of likely N-dealkylation sites (tertiary alicyclic amines) is 1. The molecule has 7 aromatic rings. The molecule has 0 radical (unpaired) electrons. The van der Waals surface area contributed by atoms with Gasteiger partial charge < -0.3 is 35.8 Å². The highest BCUT2D eigenvalue weighted by atomic mass is 32.1. The fourth-order valence-electron chi connectivity index (χ4n) is 9.78. The van der Waals surface area contributed by atoms with E-state index in [1.54, 1.807) is 34.0 Å². The fraction of sp³-hybridized carbons (Fsp3) is 0.390. The van der Waals surface area contributed by atoms with E-state index in [0.29, 0.717) is 44.8 Å². The standard InChI is InChI=1S/C59H66N10O6S3/c1-35-37(3)78-58-51(35)52(64-47(31-50-61-21-26-76-50)55-67-66-38(4)69(55)58)43-15-10-39(11-16-43)9-8-22-74-24-25-75-23-20-42-27-41(28-45(60)29-42)14-19-49(71)65-54(59(5,6)7)57(73)68-33-46(70)30-48(68)56(72)62-32-40-12-17-44(18-13-40)53-36(2)63-34-77-53/h10-13,15-18,21,26-29,34,46-48,54,70H,14,19-20,22-25,30-33,60H2,1-7H3,(H,62,72)(H,65,71)/t46-,47+,48+,54-/m1/s1. The molecule has 3 aromatic carbocycles. The highest BCUT2D eigenvalue weighted by molar-refractivity contribution is 7.15. The van der Waals surface area contributed by atoms with E-state index in [4.69, 9.17) is 20.2 Å². The number of nitrogens with two attached hydrogens (primary N) is 1. The van der Waals surface area contributed by atoms with Gasteiger partial charge in [0.05, 0.1) is 52.7 Å². The largest absolute Gasteiger partial charge is 0.399 e. The van der Waals surface area contributed by atoms with E-state index in [-0.39, 0.29) is 50.4 Å². The third kappa shape index (κ3) is 13.3. The van der Waals surface area contributed by atoms with E-state index in [0.717, 1.165) is 76.9 Å². The highest BCUT2D eigenvalue weighted by Gasteiger charge is 2.44. The van der Waals surface area contributed by atoms with Crippen LogP contribution >= 0.6 is 34.0 Å². The average molecular weight is 1110 g/mol. The first-order valence-electron chi connectivity index (χ1n) is 26.2. The van der Waals surface area contributed by atoms with Crippen molar-refractivity contribution in [2.75, 3.05) is 38.7 Å². The number of carbonyl (C=O) groups is 3. The Morgan fingerprint density at radius 2 is 1.64 bits per heavy atom. The average Bonchev–Trinajstić information content (AvgIpc) is 4.36. The Balaban J connectivity index is 0.713. The van der Waals surface area contributed by atoms with E-state index in [9.17, 15) is 19.5 Å². The molecule has 6 heterocycles. The van der Waals surface area contributed by atoms with Gasteiger partial charge in [-0.15, -0.1) is 44.2 Å². The first-order chi connectivity index (χ1) is 37.5. The number of aromatic nitrogens is 5. The summed E-state index contributed by atoms with van der Waals surface area (Å²) in [6, 6.07) is 19.8. The topological polar surface area (TPSA) is 212 Å². The van der Waals surface area contributed by atoms with Crippen LogP contribution in [0.4, 0.5) is 5.69 Å². The van der Waals surface area contributed by atoms with Gasteiger partial charge in [-0.2, -0.15) is 0 Å². The summed E-state index contributed by atoms with van der Waals surface area (Å²) in [5, 5.41) is 29.7. The smallest absolute Gasteiger partial charge is 0.246 e. The number of aliphatic imine (C=N–C) groups is 1. The maximum atomic E-state index is 14.2. The first kappa shape index (κ1) is 55.8. The number of nitrogen functional groups attached to an aromatic ring is 1. The molecule has 4 aromatic heterocycles. The molecule has 2 aliphatic heterocycles. The second-order valence-electron chi connectivity index (χ2n) is 20.8. The number of thiazole rings is 2. The Morgan fingerprint density at radius 1 is 0.897 bits per heavy atom. The fourth-order valence-corrected chi connectivity index (χ4v) is 12.5. The molecule has 19 heteroatoms. The quantitative estimate of drug-likeness (QED) is 0.0344. The summed E-state index contributed by atoms with van der Waals surface area (Å²) in [7, 11) is 0. The SMILES string of the molecule is Cc1ncsc1-c1ccc(CNC(=O)[C@@H]2C[C@@H](O)CN2C(=O)[C@@H](NC(=O)CCc2cc(N)cc(CCOCCOCC#Cc3ccc(C4=N[C@@H](Cc5nccs5)c5nnc(C)n5-c5sc(C)c(C)c54)cc3)c2)C(C)(C)C)cc1. The Kier molecular flexibility index (Phi) is 17.8. The highest BCUT2D eigenvalue weighted by Crippen LogP contribution is 2.40. The molecule has 4 atom stereocenters. The van der Waals surface area contributed by atoms with Gasteiger partial charge in [0, 0.05) is 71.2 Å². The molecule has 0 aliphatic carbocycles. The predicted molar refractivity (Wildman–Crippen MR) is 307 cm³/mol. The van der Waals surface area contributed by atoms with Gasteiger partial charge in [-0.1, -0.05) is 75.1 Å². The predicted octanol–water partition coefficient (Wildman–Crippen LogP) is 8.23. The summed E-state index contributed by atoms with van der Waals surface area (Å²) < 4.78 is 13.8. The molecule has 9 rings (SSSR count). The van der Waals surface area contributed by atoms with Gasteiger partial charge in [-0.25, -0.2) is 9.97 Å². The van der Waals surface area contributed by atoms with Crippen LogP contribution in [-0.4, -0.2) is 109 Å². The minimum absolute atomic E-state index is 0.00413. The van der Waals surface area contributed by atoms with E-state index in [1.807, 2.05) is 106 Å². The lowest BCUT2D eigenvalue weighted by Gasteiger charge is -2.35. The van der Waals surface area contributed by atoms with E-state index >= 15 is 0 Å². The minimum Gasteiger partial charge on any atom is -0.399 e. The number of fused-ring (bicyclic) bond motifs is 3. The van der Waals surface area contributed by atoms with Crippen molar-refractivity contribution in [3.63, 3.8) is 0 Å². The van der Waals surface area contributed by atoms with Gasteiger partial charge in [-0.3, -0.25) is 23.9 Å². The summed E-state index contributed by atoms with van der Waals surface area (Å²) in [4.78, 5) is 59.3. The number of amides is 3. The number of hydrogen-bond acceptors (Lipinski definition) is 15. The summed E-state index contributed by atoms with van der Waals surface area (Å²) in [5.74, 6) is 6.93. The molecule has 0 unspecified atom stereocenters.